The van der Waals surface area contributed by atoms with Crippen LogP contribution in [0.4, 0.5) is 0 Å². The van der Waals surface area contributed by atoms with Crippen molar-refractivity contribution in [2.45, 2.75) is 0 Å². The van der Waals surface area contributed by atoms with Crippen LogP contribution in [0.3, 0.4) is 0 Å². The van der Waals surface area contributed by atoms with Gasteiger partial charge in [-0.15, -0.1) is 0 Å². The fraction of sp³-hybridized carbons (Fsp3) is 0. The molecule has 0 amide bonds. The maximum absolute atomic E-state index is 10.9. The summed E-state index contributed by atoms with van der Waals surface area (Å²) in [7, 11) is 0. The Kier molecular flexibility index (Phi) is 1.22. The molecule has 0 saturated carbocycles. The van der Waals surface area contributed by atoms with Gasteiger partial charge in [0, 0.05) is 0 Å². The van der Waals surface area contributed by atoms with Crippen LogP contribution in [-0.4, -0.2) is 18.9 Å². The van der Waals surface area contributed by atoms with E-state index in [1.807, 2.05) is 18.2 Å². The molecule has 0 atom stereocenters. The Bertz CT molecular complexity index is 357. The first-order valence-electron chi connectivity index (χ1n) is 2.82. The molecule has 1 aromatic carbocycles. The third kappa shape index (κ3) is 0.735. The molecule has 0 spiro atoms. The molecule has 10 heavy (non-hydrogen) atoms. The van der Waals surface area contributed by atoms with E-state index in [1.165, 1.54) is 0 Å². The van der Waals surface area contributed by atoms with Crippen molar-refractivity contribution >= 4 is 26.0 Å². The maximum atomic E-state index is 10.9. The van der Waals surface area contributed by atoms with Gasteiger partial charge in [-0.05, 0) is 0 Å². The summed E-state index contributed by atoms with van der Waals surface area (Å²) in [5.41, 5.74) is 1.54. The van der Waals surface area contributed by atoms with Gasteiger partial charge in [0.05, 0.1) is 0 Å². The Morgan fingerprint density at radius 1 is 1.40 bits per heavy atom. The first kappa shape index (κ1) is 5.89. The van der Waals surface area contributed by atoms with Crippen molar-refractivity contribution in [3.8, 4) is 0 Å². The summed E-state index contributed by atoms with van der Waals surface area (Å²) in [6.07, 6.45) is 0. The van der Waals surface area contributed by atoms with Crippen molar-refractivity contribution in [2.24, 2.45) is 0 Å². The fourth-order valence-electron chi connectivity index (χ4n) is 0.821. The molecule has 1 aromatic heterocycles. The van der Waals surface area contributed by atoms with Gasteiger partial charge in [-0.3, -0.25) is 0 Å². The van der Waals surface area contributed by atoms with Crippen molar-refractivity contribution in [1.82, 2.24) is 3.98 Å². The van der Waals surface area contributed by atoms with Crippen LogP contribution in [0.5, 0.6) is 0 Å². The minimum atomic E-state index is -0.260. The van der Waals surface area contributed by atoms with E-state index < -0.39 is 0 Å². The van der Waals surface area contributed by atoms with E-state index >= 15 is 0 Å². The molecule has 0 N–H and O–H groups in total. The molecule has 3 nitrogen and oxygen atoms in total. The second kappa shape index (κ2) is 2.08. The Morgan fingerprint density at radius 2 is 2.20 bits per heavy atom. The average molecular weight is 199 g/mol. The van der Waals surface area contributed by atoms with E-state index in [0.29, 0.717) is 5.52 Å². The first-order valence-corrected chi connectivity index (χ1v) is 4.35. The number of hydrogen-bond donors (Lipinski definition) is 0. The Hall–Kier alpha value is -0.861. The van der Waals surface area contributed by atoms with Gasteiger partial charge in [0.25, 0.3) is 0 Å². The van der Waals surface area contributed by atoms with Crippen molar-refractivity contribution in [1.29, 1.82) is 0 Å². The Morgan fingerprint density at radius 3 is 3.00 bits per heavy atom. The Labute approximate surface area is 63.7 Å². The zero-order valence-electron chi connectivity index (χ0n) is 5.02. The summed E-state index contributed by atoms with van der Waals surface area (Å²) >= 11 is -0.260. The number of rotatable bonds is 0. The van der Waals surface area contributed by atoms with Crippen LogP contribution in [0.2, 0.25) is 0 Å². The van der Waals surface area contributed by atoms with Crippen LogP contribution in [0.1, 0.15) is 0 Å². The van der Waals surface area contributed by atoms with E-state index in [9.17, 15) is 5.21 Å². The monoisotopic (exact) mass is 200 g/mol. The molecule has 0 aliphatic heterocycles. The van der Waals surface area contributed by atoms with E-state index in [2.05, 4.69) is 3.98 Å². The zero-order chi connectivity index (χ0) is 6.97. The van der Waals surface area contributed by atoms with Gasteiger partial charge in [0.1, 0.15) is 0 Å². The fourth-order valence-corrected chi connectivity index (χ4v) is 1.99. The third-order valence-electron chi connectivity index (χ3n) is 1.29. The van der Waals surface area contributed by atoms with Gasteiger partial charge in [0.15, 0.2) is 0 Å². The SMILES string of the molecule is [O-][n+]1[se]nc2ccccc21. The third-order valence-corrected chi connectivity index (χ3v) is 2.60. The molecule has 0 aliphatic rings. The first-order chi connectivity index (χ1) is 4.88. The number of nitrogens with zero attached hydrogens (tertiary/aromatic N) is 2. The van der Waals surface area contributed by atoms with Crippen LogP contribution in [0.15, 0.2) is 24.3 Å². The van der Waals surface area contributed by atoms with Crippen LogP contribution in [0, 0.1) is 5.21 Å². The topological polar surface area (TPSA) is 39.8 Å². The molecule has 2 aromatic rings. The predicted molar refractivity (Wildman–Crippen MR) is 37.6 cm³/mol. The summed E-state index contributed by atoms with van der Waals surface area (Å²) in [5.74, 6) is 0. The predicted octanol–water partition coefficient (Wildman–Crippen LogP) is -0.0748. The van der Waals surface area contributed by atoms with Gasteiger partial charge in [0.2, 0.25) is 0 Å². The van der Waals surface area contributed by atoms with Crippen molar-refractivity contribution < 1.29 is 3.73 Å². The number of benzene rings is 1. The molecular formula is C6H4N2OSe. The summed E-state index contributed by atoms with van der Waals surface area (Å²) in [5, 5.41) is 10.9. The molecule has 1 heterocycles. The van der Waals surface area contributed by atoms with Gasteiger partial charge in [-0.25, -0.2) is 0 Å². The Balaban J connectivity index is 2.93. The second-order valence-electron chi connectivity index (χ2n) is 1.92. The standard InChI is InChI=1S/C6H4N2OSe/c9-8-6-4-2-1-3-5(6)7-10-8/h1-4H. The normalized spacial score (nSPS) is 10.4. The minimum absolute atomic E-state index is 0.260. The summed E-state index contributed by atoms with van der Waals surface area (Å²) in [6.45, 7) is 0. The molecule has 0 unspecified atom stereocenters. The van der Waals surface area contributed by atoms with Crippen LogP contribution in [0.25, 0.3) is 11.0 Å². The molecule has 0 aliphatic carbocycles. The van der Waals surface area contributed by atoms with E-state index in [-0.39, 0.29) is 15.0 Å². The number of fused-ring (bicyclic) bond motifs is 1. The van der Waals surface area contributed by atoms with Gasteiger partial charge >= 0.3 is 63.2 Å². The van der Waals surface area contributed by atoms with Crippen LogP contribution >= 0.6 is 0 Å². The number of aromatic nitrogens is 2. The molecule has 0 bridgehead atoms. The van der Waals surface area contributed by atoms with Gasteiger partial charge in [-0.2, -0.15) is 0 Å². The molecule has 0 radical (unpaired) electrons. The molecule has 0 fully saturated rings. The van der Waals surface area contributed by atoms with Crippen LogP contribution < -0.4 is 3.73 Å². The molecule has 0 saturated heterocycles. The number of hydrogen-bond acceptors (Lipinski definition) is 2. The molecule has 50 valence electrons. The average Bonchev–Trinajstić information content (AvgIpc) is 2.34. The quantitative estimate of drug-likeness (QED) is 0.440. The van der Waals surface area contributed by atoms with Crippen molar-refractivity contribution in [3.05, 3.63) is 29.5 Å². The van der Waals surface area contributed by atoms with Gasteiger partial charge in [-0.1, -0.05) is 0 Å². The molecule has 2 rings (SSSR count). The van der Waals surface area contributed by atoms with Crippen molar-refractivity contribution in [2.75, 3.05) is 0 Å². The van der Waals surface area contributed by atoms with E-state index in [0.717, 1.165) is 9.24 Å². The van der Waals surface area contributed by atoms with E-state index in [4.69, 9.17) is 0 Å². The second-order valence-corrected chi connectivity index (χ2v) is 3.34. The van der Waals surface area contributed by atoms with Gasteiger partial charge < -0.3 is 0 Å². The van der Waals surface area contributed by atoms with E-state index in [1.54, 1.807) is 6.07 Å². The number of para-hydroxylation sites is 1. The summed E-state index contributed by atoms with van der Waals surface area (Å²) in [6, 6.07) is 7.38. The summed E-state index contributed by atoms with van der Waals surface area (Å²) in [4.78, 5) is 0. The van der Waals surface area contributed by atoms with Crippen molar-refractivity contribution in [3.63, 3.8) is 0 Å². The molecular weight excluding hydrogens is 195 g/mol. The zero-order valence-corrected chi connectivity index (χ0v) is 6.73. The summed E-state index contributed by atoms with van der Waals surface area (Å²) < 4.78 is 5.00. The molecule has 4 heteroatoms. The van der Waals surface area contributed by atoms with Crippen LogP contribution in [-0.2, 0) is 0 Å².